The molecule has 0 radical (unpaired) electrons. The molecule has 0 aliphatic heterocycles. The summed E-state index contributed by atoms with van der Waals surface area (Å²) in [6.07, 6.45) is 0. The summed E-state index contributed by atoms with van der Waals surface area (Å²) in [7, 11) is 1.58. The number of methoxy groups -OCH3 is 1. The Bertz CT molecular complexity index is 711. The monoisotopic (exact) mass is 312 g/mol. The van der Waals surface area contributed by atoms with Crippen molar-refractivity contribution >= 4 is 11.7 Å². The molecule has 0 bridgehead atoms. The fourth-order valence-electron chi connectivity index (χ4n) is 2.63. The van der Waals surface area contributed by atoms with E-state index < -0.39 is 0 Å². The van der Waals surface area contributed by atoms with Gasteiger partial charge in [-0.2, -0.15) is 0 Å². The Morgan fingerprint density at radius 1 is 1.04 bits per heavy atom. The summed E-state index contributed by atoms with van der Waals surface area (Å²) in [5.41, 5.74) is 5.44. The van der Waals surface area contributed by atoms with E-state index in [1.807, 2.05) is 31.2 Å². The minimum Gasteiger partial charge on any atom is -0.495 e. The zero-order valence-electron chi connectivity index (χ0n) is 14.4. The van der Waals surface area contributed by atoms with Crippen LogP contribution in [-0.4, -0.2) is 13.1 Å². The lowest BCUT2D eigenvalue weighted by atomic mass is 9.97. The van der Waals surface area contributed by atoms with Crippen molar-refractivity contribution < 1.29 is 9.53 Å². The molecule has 122 valence electrons. The number of ether oxygens (including phenoxy) is 1. The van der Waals surface area contributed by atoms with Gasteiger partial charge in [0.25, 0.3) is 0 Å². The van der Waals surface area contributed by atoms with Gasteiger partial charge in [-0.05, 0) is 62.1 Å². The maximum absolute atomic E-state index is 12.2. The summed E-state index contributed by atoms with van der Waals surface area (Å²) >= 11 is 0. The fourth-order valence-corrected chi connectivity index (χ4v) is 2.63. The second-order valence-corrected chi connectivity index (χ2v) is 5.81. The molecule has 2 aromatic rings. The number of benzene rings is 2. The highest BCUT2D eigenvalue weighted by molar-refractivity contribution is 5.91. The largest absolute Gasteiger partial charge is 0.495 e. The van der Waals surface area contributed by atoms with Gasteiger partial charge >= 0.3 is 6.03 Å². The molecule has 0 fully saturated rings. The Balaban J connectivity index is 2.09. The minimum absolute atomic E-state index is 0.0796. The number of anilines is 1. The van der Waals surface area contributed by atoms with Crippen LogP contribution in [0.1, 0.15) is 35.2 Å². The summed E-state index contributed by atoms with van der Waals surface area (Å²) in [4.78, 5) is 12.2. The van der Waals surface area contributed by atoms with Crippen LogP contribution >= 0.6 is 0 Å². The van der Waals surface area contributed by atoms with Crippen LogP contribution in [0, 0.1) is 20.8 Å². The van der Waals surface area contributed by atoms with Crippen LogP contribution < -0.4 is 15.4 Å². The normalized spacial score (nSPS) is 11.7. The second-order valence-electron chi connectivity index (χ2n) is 5.81. The van der Waals surface area contributed by atoms with Crippen molar-refractivity contribution in [2.75, 3.05) is 12.4 Å². The van der Waals surface area contributed by atoms with E-state index in [2.05, 4.69) is 43.5 Å². The predicted molar refractivity (Wildman–Crippen MR) is 94.2 cm³/mol. The van der Waals surface area contributed by atoms with Crippen LogP contribution in [-0.2, 0) is 0 Å². The maximum atomic E-state index is 12.2. The first-order chi connectivity index (χ1) is 10.9. The molecule has 0 aromatic heterocycles. The van der Waals surface area contributed by atoms with Gasteiger partial charge in [-0.3, -0.25) is 0 Å². The molecule has 2 amide bonds. The number of nitrogens with one attached hydrogen (secondary N) is 2. The van der Waals surface area contributed by atoms with E-state index in [0.29, 0.717) is 11.4 Å². The lowest BCUT2D eigenvalue weighted by Gasteiger charge is -2.19. The first-order valence-corrected chi connectivity index (χ1v) is 7.70. The molecule has 1 atom stereocenters. The third-order valence-corrected chi connectivity index (χ3v) is 4.05. The van der Waals surface area contributed by atoms with Gasteiger partial charge in [0, 0.05) is 0 Å². The van der Waals surface area contributed by atoms with Crippen molar-refractivity contribution in [3.8, 4) is 5.75 Å². The van der Waals surface area contributed by atoms with Crippen LogP contribution in [0.5, 0.6) is 5.75 Å². The smallest absolute Gasteiger partial charge is 0.319 e. The van der Waals surface area contributed by atoms with Gasteiger partial charge in [0.05, 0.1) is 18.8 Å². The number of carbonyl (C=O) groups excluding carboxylic acids is 1. The number of rotatable bonds is 4. The van der Waals surface area contributed by atoms with E-state index in [-0.39, 0.29) is 12.1 Å². The number of hydrogen-bond donors (Lipinski definition) is 2. The van der Waals surface area contributed by atoms with E-state index in [9.17, 15) is 4.79 Å². The van der Waals surface area contributed by atoms with Gasteiger partial charge in [-0.15, -0.1) is 0 Å². The van der Waals surface area contributed by atoms with Crippen molar-refractivity contribution in [1.29, 1.82) is 0 Å². The van der Waals surface area contributed by atoms with Gasteiger partial charge in [0.2, 0.25) is 0 Å². The maximum Gasteiger partial charge on any atom is 0.319 e. The summed E-state index contributed by atoms with van der Waals surface area (Å²) < 4.78 is 5.24. The van der Waals surface area contributed by atoms with Gasteiger partial charge in [0.1, 0.15) is 5.75 Å². The molecule has 0 unspecified atom stereocenters. The van der Waals surface area contributed by atoms with E-state index in [4.69, 9.17) is 4.74 Å². The summed E-state index contributed by atoms with van der Waals surface area (Å²) in [5.74, 6) is 0.637. The SMILES string of the molecule is COc1ccccc1NC(=O)N[C@@H](C)c1cc(C)c(C)cc1C. The van der Waals surface area contributed by atoms with Crippen LogP contribution in [0.2, 0.25) is 0 Å². The highest BCUT2D eigenvalue weighted by atomic mass is 16.5. The van der Waals surface area contributed by atoms with Crippen molar-refractivity contribution in [3.63, 3.8) is 0 Å². The predicted octanol–water partition coefficient (Wildman–Crippen LogP) is 4.50. The highest BCUT2D eigenvalue weighted by Crippen LogP contribution is 2.24. The zero-order valence-corrected chi connectivity index (χ0v) is 14.4. The molecule has 4 heteroatoms. The summed E-state index contributed by atoms with van der Waals surface area (Å²) in [6.45, 7) is 8.23. The van der Waals surface area contributed by atoms with Crippen LogP contribution in [0.15, 0.2) is 36.4 Å². The molecular formula is C19H24N2O2. The molecule has 23 heavy (non-hydrogen) atoms. The van der Waals surface area contributed by atoms with Crippen molar-refractivity contribution in [2.45, 2.75) is 33.7 Å². The number of aryl methyl sites for hydroxylation is 3. The third-order valence-electron chi connectivity index (χ3n) is 4.05. The molecule has 0 saturated carbocycles. The molecule has 2 rings (SSSR count). The number of carbonyl (C=O) groups is 1. The Kier molecular flexibility index (Phi) is 5.27. The Morgan fingerprint density at radius 3 is 2.39 bits per heavy atom. The van der Waals surface area contributed by atoms with Crippen LogP contribution in [0.4, 0.5) is 10.5 Å². The second kappa shape index (κ2) is 7.18. The van der Waals surface area contributed by atoms with Gasteiger partial charge in [0.15, 0.2) is 0 Å². The quantitative estimate of drug-likeness (QED) is 0.873. The lowest BCUT2D eigenvalue weighted by Crippen LogP contribution is -2.31. The molecule has 2 aromatic carbocycles. The standard InChI is InChI=1S/C19H24N2O2/c1-12-10-14(3)16(11-13(12)2)15(4)20-19(22)21-17-8-6-7-9-18(17)23-5/h6-11,15H,1-5H3,(H2,20,21,22)/t15-/m0/s1. The number of urea groups is 1. The number of para-hydroxylation sites is 2. The average Bonchev–Trinajstić information content (AvgIpc) is 2.51. The Morgan fingerprint density at radius 2 is 1.70 bits per heavy atom. The molecular weight excluding hydrogens is 288 g/mol. The molecule has 0 heterocycles. The third kappa shape index (κ3) is 4.03. The first-order valence-electron chi connectivity index (χ1n) is 7.70. The van der Waals surface area contributed by atoms with Crippen molar-refractivity contribution in [2.24, 2.45) is 0 Å². The van der Waals surface area contributed by atoms with Gasteiger partial charge in [-0.1, -0.05) is 24.3 Å². The minimum atomic E-state index is -0.250. The molecule has 0 spiro atoms. The lowest BCUT2D eigenvalue weighted by molar-refractivity contribution is 0.249. The fraction of sp³-hybridized carbons (Fsp3) is 0.316. The van der Waals surface area contributed by atoms with E-state index in [1.54, 1.807) is 7.11 Å². The molecule has 0 aliphatic carbocycles. The zero-order chi connectivity index (χ0) is 17.0. The average molecular weight is 312 g/mol. The topological polar surface area (TPSA) is 50.4 Å². The van der Waals surface area contributed by atoms with E-state index in [0.717, 1.165) is 5.56 Å². The highest BCUT2D eigenvalue weighted by Gasteiger charge is 2.14. The van der Waals surface area contributed by atoms with Crippen LogP contribution in [0.3, 0.4) is 0 Å². The summed E-state index contributed by atoms with van der Waals surface area (Å²) in [5, 5.41) is 5.81. The van der Waals surface area contributed by atoms with E-state index >= 15 is 0 Å². The van der Waals surface area contributed by atoms with Gasteiger partial charge < -0.3 is 15.4 Å². The van der Waals surface area contributed by atoms with E-state index in [1.165, 1.54) is 16.7 Å². The summed E-state index contributed by atoms with van der Waals surface area (Å²) in [6, 6.07) is 11.3. The molecule has 0 saturated heterocycles. The van der Waals surface area contributed by atoms with Crippen molar-refractivity contribution in [1.82, 2.24) is 5.32 Å². The van der Waals surface area contributed by atoms with Crippen molar-refractivity contribution in [3.05, 3.63) is 58.7 Å². The number of amides is 2. The molecule has 4 nitrogen and oxygen atoms in total. The van der Waals surface area contributed by atoms with Gasteiger partial charge in [-0.25, -0.2) is 4.79 Å². The van der Waals surface area contributed by atoms with Crippen LogP contribution in [0.25, 0.3) is 0 Å². The molecule has 0 aliphatic rings. The molecule has 2 N–H and O–H groups in total. The Hall–Kier alpha value is -2.49. The number of hydrogen-bond acceptors (Lipinski definition) is 2. The Labute approximate surface area is 137 Å². The first kappa shape index (κ1) is 16.9.